The molecule has 0 radical (unpaired) electrons. The van der Waals surface area contributed by atoms with Gasteiger partial charge in [0.1, 0.15) is 24.1 Å². The molecular formula is C33H43N5O8. The lowest BCUT2D eigenvalue weighted by molar-refractivity contribution is -0.159. The molecule has 2 aromatic rings. The first-order valence-corrected chi connectivity index (χ1v) is 15.6. The first-order valence-electron chi connectivity index (χ1n) is 15.6. The van der Waals surface area contributed by atoms with Crippen LogP contribution in [0.2, 0.25) is 0 Å². The molecule has 1 aromatic carbocycles. The average Bonchev–Trinajstić information content (AvgIpc) is 2.98. The Labute approximate surface area is 268 Å². The van der Waals surface area contributed by atoms with Crippen LogP contribution >= 0.6 is 0 Å². The third kappa shape index (κ3) is 9.91. The van der Waals surface area contributed by atoms with E-state index in [0.717, 1.165) is 29.7 Å². The zero-order chi connectivity index (χ0) is 33.3. The number of likely N-dealkylation sites (tertiary alicyclic amines) is 1. The van der Waals surface area contributed by atoms with Crippen molar-refractivity contribution < 1.29 is 38.6 Å². The quantitative estimate of drug-likeness (QED) is 0.233. The summed E-state index contributed by atoms with van der Waals surface area (Å²) in [5, 5.41) is 14.9. The van der Waals surface area contributed by atoms with Crippen LogP contribution in [-0.2, 0) is 43.3 Å². The van der Waals surface area contributed by atoms with E-state index in [-0.39, 0.29) is 38.6 Å². The molecule has 0 spiro atoms. The topological polar surface area (TPSA) is 167 Å². The highest BCUT2D eigenvalue weighted by Gasteiger charge is 2.38. The Hall–Kier alpha value is -4.68. The van der Waals surface area contributed by atoms with Crippen LogP contribution in [-0.4, -0.2) is 82.8 Å². The predicted octanol–water partition coefficient (Wildman–Crippen LogP) is 3.44. The maximum Gasteiger partial charge on any atom is 0.413 e. The van der Waals surface area contributed by atoms with Gasteiger partial charge in [-0.1, -0.05) is 36.4 Å². The molecule has 1 fully saturated rings. The van der Waals surface area contributed by atoms with E-state index in [1.165, 1.54) is 9.80 Å². The molecule has 1 atom stereocenters. The number of carbonyl (C=O) groups excluding carboxylic acids is 4. The molecule has 3 heterocycles. The molecule has 0 saturated carbocycles. The van der Waals surface area contributed by atoms with Gasteiger partial charge < -0.3 is 30.1 Å². The summed E-state index contributed by atoms with van der Waals surface area (Å²) in [4.78, 5) is 69.6. The third-order valence-corrected chi connectivity index (χ3v) is 7.64. The smallest absolute Gasteiger partial charge is 0.413 e. The first-order chi connectivity index (χ1) is 21.9. The summed E-state index contributed by atoms with van der Waals surface area (Å²) in [7, 11) is 0. The first kappa shape index (κ1) is 34.2. The van der Waals surface area contributed by atoms with E-state index in [2.05, 4.69) is 15.6 Å². The fourth-order valence-electron chi connectivity index (χ4n) is 5.16. The number of pyridine rings is 1. The maximum atomic E-state index is 12.9. The molecule has 13 heteroatoms. The highest BCUT2D eigenvalue weighted by Crippen LogP contribution is 2.26. The van der Waals surface area contributed by atoms with Gasteiger partial charge in [0.05, 0.1) is 5.92 Å². The van der Waals surface area contributed by atoms with Crippen molar-refractivity contribution in [2.75, 3.05) is 31.1 Å². The molecule has 46 heavy (non-hydrogen) atoms. The molecule has 0 aliphatic carbocycles. The highest BCUT2D eigenvalue weighted by molar-refractivity contribution is 5.88. The molecule has 1 saturated heterocycles. The van der Waals surface area contributed by atoms with Crippen LogP contribution in [0.1, 0.15) is 63.3 Å². The van der Waals surface area contributed by atoms with Gasteiger partial charge in [0.25, 0.3) is 0 Å². The Kier molecular flexibility index (Phi) is 11.6. The number of hydrogen-bond donors (Lipinski definition) is 3. The van der Waals surface area contributed by atoms with Crippen LogP contribution < -0.4 is 15.5 Å². The van der Waals surface area contributed by atoms with Crippen molar-refractivity contribution in [3.8, 4) is 0 Å². The van der Waals surface area contributed by atoms with Crippen LogP contribution in [0.3, 0.4) is 0 Å². The molecule has 0 bridgehead atoms. The van der Waals surface area contributed by atoms with Crippen molar-refractivity contribution in [3.05, 3.63) is 59.3 Å². The number of ether oxygens (including phenoxy) is 2. The molecule has 13 nitrogen and oxygen atoms in total. The van der Waals surface area contributed by atoms with Crippen molar-refractivity contribution >= 4 is 35.8 Å². The monoisotopic (exact) mass is 637 g/mol. The zero-order valence-corrected chi connectivity index (χ0v) is 26.6. The molecule has 1 aromatic heterocycles. The molecule has 4 amide bonds. The SMILES string of the molecule is CC(C)(C)OC(=O)[C@H](CNC(=O)CCCCc1ccc2c(n1)N(C(=O)O)CCC2)NC(=O)C1CN(C(=O)OCc2ccccc2)C1. The standard InChI is InChI=1S/C33H43N5O8/c1-33(2,3)46-30(41)26(36-29(40)24-19-37(20-24)32(44)45-21-22-10-5-4-6-11-22)18-34-27(39)14-8-7-13-25-16-15-23-12-9-17-38(31(42)43)28(23)35-25/h4-6,10-11,15-16,24,26H,7-9,12-14,17-21H2,1-3H3,(H,34,39)(H,36,40)(H,42,43)/t26-/m0/s1. The number of aryl methyl sites for hydroxylation is 2. The number of carbonyl (C=O) groups is 5. The Morgan fingerprint density at radius 1 is 1.04 bits per heavy atom. The van der Waals surface area contributed by atoms with Gasteiger partial charge in [-0.25, -0.2) is 19.4 Å². The van der Waals surface area contributed by atoms with E-state index in [9.17, 15) is 29.1 Å². The van der Waals surface area contributed by atoms with Gasteiger partial charge in [-0.3, -0.25) is 14.5 Å². The summed E-state index contributed by atoms with van der Waals surface area (Å²) in [6.07, 6.45) is 2.01. The normalized spacial score (nSPS) is 15.2. The summed E-state index contributed by atoms with van der Waals surface area (Å²) in [6, 6.07) is 12.0. The van der Waals surface area contributed by atoms with Gasteiger partial charge in [0.15, 0.2) is 0 Å². The number of unbranched alkanes of at least 4 members (excludes halogenated alkanes) is 1. The Morgan fingerprint density at radius 2 is 1.78 bits per heavy atom. The number of hydrogen-bond acceptors (Lipinski definition) is 8. The van der Waals surface area contributed by atoms with Gasteiger partial charge in [-0.05, 0) is 70.1 Å². The minimum absolute atomic E-state index is 0.129. The maximum absolute atomic E-state index is 12.9. The number of fused-ring (bicyclic) bond motifs is 1. The van der Waals surface area contributed by atoms with Crippen LogP contribution in [0, 0.1) is 5.92 Å². The third-order valence-electron chi connectivity index (χ3n) is 7.64. The van der Waals surface area contributed by atoms with E-state index in [4.69, 9.17) is 9.47 Å². The molecule has 248 valence electrons. The number of rotatable bonds is 12. The number of aromatic nitrogens is 1. The number of esters is 1. The van der Waals surface area contributed by atoms with E-state index in [1.807, 2.05) is 42.5 Å². The molecule has 4 rings (SSSR count). The van der Waals surface area contributed by atoms with Gasteiger partial charge in [0.2, 0.25) is 11.8 Å². The second-order valence-electron chi connectivity index (χ2n) is 12.6. The lowest BCUT2D eigenvalue weighted by Gasteiger charge is -2.37. The van der Waals surface area contributed by atoms with E-state index >= 15 is 0 Å². The molecule has 3 N–H and O–H groups in total. The Balaban J connectivity index is 1.21. The fourth-order valence-corrected chi connectivity index (χ4v) is 5.16. The summed E-state index contributed by atoms with van der Waals surface area (Å²) < 4.78 is 10.8. The minimum Gasteiger partial charge on any atom is -0.465 e. The van der Waals surface area contributed by atoms with Gasteiger partial charge in [-0.2, -0.15) is 0 Å². The van der Waals surface area contributed by atoms with Gasteiger partial charge in [0, 0.05) is 38.3 Å². The largest absolute Gasteiger partial charge is 0.465 e. The number of anilines is 1. The van der Waals surface area contributed by atoms with Gasteiger partial charge in [-0.15, -0.1) is 0 Å². The lowest BCUT2D eigenvalue weighted by Crippen LogP contribution is -2.59. The fraction of sp³-hybridized carbons (Fsp3) is 0.515. The number of nitrogens with zero attached hydrogens (tertiary/aromatic N) is 3. The van der Waals surface area contributed by atoms with Crippen molar-refractivity contribution in [3.63, 3.8) is 0 Å². The second-order valence-corrected chi connectivity index (χ2v) is 12.6. The summed E-state index contributed by atoms with van der Waals surface area (Å²) in [6.45, 7) is 5.85. The Morgan fingerprint density at radius 3 is 2.48 bits per heavy atom. The number of nitrogens with one attached hydrogen (secondary N) is 2. The minimum atomic E-state index is -1.10. The van der Waals surface area contributed by atoms with Crippen LogP contribution in [0.15, 0.2) is 42.5 Å². The van der Waals surface area contributed by atoms with Crippen LogP contribution in [0.4, 0.5) is 15.4 Å². The van der Waals surface area contributed by atoms with Crippen molar-refractivity contribution in [2.45, 2.75) is 77.5 Å². The van der Waals surface area contributed by atoms with E-state index < -0.39 is 41.6 Å². The van der Waals surface area contributed by atoms with E-state index in [1.54, 1.807) is 20.8 Å². The summed E-state index contributed by atoms with van der Waals surface area (Å²) in [5.41, 5.74) is 1.73. The van der Waals surface area contributed by atoms with Crippen LogP contribution in [0.5, 0.6) is 0 Å². The zero-order valence-electron chi connectivity index (χ0n) is 26.6. The number of benzene rings is 1. The molecule has 0 unspecified atom stereocenters. The van der Waals surface area contributed by atoms with Gasteiger partial charge >= 0.3 is 18.2 Å². The molecule has 2 aliphatic heterocycles. The average molecular weight is 638 g/mol. The van der Waals surface area contributed by atoms with Crippen molar-refractivity contribution in [2.24, 2.45) is 5.92 Å². The second kappa shape index (κ2) is 15.5. The molecule has 2 aliphatic rings. The lowest BCUT2D eigenvalue weighted by atomic mass is 9.99. The van der Waals surface area contributed by atoms with E-state index in [0.29, 0.717) is 31.6 Å². The van der Waals surface area contributed by atoms with Crippen molar-refractivity contribution in [1.29, 1.82) is 0 Å². The predicted molar refractivity (Wildman–Crippen MR) is 168 cm³/mol. The molecular weight excluding hydrogens is 594 g/mol. The van der Waals surface area contributed by atoms with Crippen LogP contribution in [0.25, 0.3) is 0 Å². The highest BCUT2D eigenvalue weighted by atomic mass is 16.6. The number of amides is 4. The van der Waals surface area contributed by atoms with Crippen molar-refractivity contribution in [1.82, 2.24) is 20.5 Å². The number of carboxylic acid groups (broad SMARTS) is 1. The summed E-state index contributed by atoms with van der Waals surface area (Å²) >= 11 is 0. The summed E-state index contributed by atoms with van der Waals surface area (Å²) in [5.74, 6) is -1.41. The Bertz CT molecular complexity index is 1400.